The summed E-state index contributed by atoms with van der Waals surface area (Å²) in [5.74, 6) is 0.166. The number of carbonyl (C=O) groups excluding carboxylic acids is 1. The molecule has 0 saturated carbocycles. The largest absolute Gasteiger partial charge is 0.513 e. The molecule has 0 aliphatic heterocycles. The number of nitrogens with zero attached hydrogens (tertiary/aromatic N) is 2. The Labute approximate surface area is 153 Å². The van der Waals surface area contributed by atoms with Gasteiger partial charge in [-0.3, -0.25) is 4.79 Å². The molecule has 1 aromatic carbocycles. The van der Waals surface area contributed by atoms with E-state index in [2.05, 4.69) is 17.2 Å². The summed E-state index contributed by atoms with van der Waals surface area (Å²) < 4.78 is 11.6. The molecule has 0 aliphatic rings. The third kappa shape index (κ3) is 3.79. The monoisotopic (exact) mass is 358 g/mol. The quantitative estimate of drug-likeness (QED) is 0.762. The lowest BCUT2D eigenvalue weighted by atomic mass is 9.90. The van der Waals surface area contributed by atoms with Gasteiger partial charge in [0, 0.05) is 7.05 Å². The molecule has 0 spiro atoms. The highest BCUT2D eigenvalue weighted by atomic mass is 16.7. The molecule has 0 saturated heterocycles. The van der Waals surface area contributed by atoms with Crippen LogP contribution in [0.25, 0.3) is 11.1 Å². The van der Waals surface area contributed by atoms with Crippen LogP contribution in [0.15, 0.2) is 16.9 Å². The van der Waals surface area contributed by atoms with Crippen LogP contribution in [0, 0.1) is 13.8 Å². The number of benzene rings is 1. The fraction of sp³-hybridized carbons (Fsp3) is 0.450. The van der Waals surface area contributed by atoms with Gasteiger partial charge < -0.3 is 9.47 Å². The zero-order chi connectivity index (χ0) is 19.4. The van der Waals surface area contributed by atoms with E-state index in [-0.39, 0.29) is 17.9 Å². The van der Waals surface area contributed by atoms with Crippen LogP contribution in [-0.2, 0) is 24.6 Å². The fourth-order valence-corrected chi connectivity index (χ4v) is 3.15. The predicted octanol–water partition coefficient (Wildman–Crippen LogP) is 3.72. The maximum absolute atomic E-state index is 13.0. The second kappa shape index (κ2) is 8.17. The lowest BCUT2D eigenvalue weighted by molar-refractivity contribution is 0.104. The minimum atomic E-state index is -0.838. The van der Waals surface area contributed by atoms with Crippen molar-refractivity contribution in [2.45, 2.75) is 47.5 Å². The van der Waals surface area contributed by atoms with Gasteiger partial charge in [0.1, 0.15) is 5.69 Å². The van der Waals surface area contributed by atoms with E-state index in [0.29, 0.717) is 11.3 Å². The molecule has 0 aliphatic carbocycles. The predicted molar refractivity (Wildman–Crippen MR) is 101 cm³/mol. The van der Waals surface area contributed by atoms with Crippen LogP contribution < -0.4 is 10.3 Å². The summed E-state index contributed by atoms with van der Waals surface area (Å²) in [5.41, 5.74) is 4.56. The first-order valence-corrected chi connectivity index (χ1v) is 8.89. The van der Waals surface area contributed by atoms with Crippen molar-refractivity contribution in [1.29, 1.82) is 0 Å². The molecule has 0 N–H and O–H groups in total. The normalized spacial score (nSPS) is 10.7. The molecular weight excluding hydrogens is 332 g/mol. The minimum Gasteiger partial charge on any atom is -0.434 e. The smallest absolute Gasteiger partial charge is 0.434 e. The lowest BCUT2D eigenvalue weighted by Gasteiger charge is -2.18. The zero-order valence-corrected chi connectivity index (χ0v) is 16.3. The highest BCUT2D eigenvalue weighted by molar-refractivity contribution is 5.79. The number of aromatic nitrogens is 2. The summed E-state index contributed by atoms with van der Waals surface area (Å²) in [6.45, 7) is 9.72. The number of aryl methyl sites for hydroxylation is 5. The van der Waals surface area contributed by atoms with Gasteiger partial charge in [-0.05, 0) is 50.3 Å². The van der Waals surface area contributed by atoms with E-state index in [1.54, 1.807) is 20.9 Å². The first-order valence-electron chi connectivity index (χ1n) is 8.89. The molecule has 2 aromatic rings. The highest BCUT2D eigenvalue weighted by Crippen LogP contribution is 2.35. The van der Waals surface area contributed by atoms with Gasteiger partial charge in [0.2, 0.25) is 0 Å². The Morgan fingerprint density at radius 1 is 1.08 bits per heavy atom. The van der Waals surface area contributed by atoms with Crippen molar-refractivity contribution < 1.29 is 14.3 Å². The molecule has 6 nitrogen and oxygen atoms in total. The molecule has 6 heteroatoms. The van der Waals surface area contributed by atoms with Gasteiger partial charge in [-0.15, -0.1) is 0 Å². The van der Waals surface area contributed by atoms with Crippen LogP contribution in [0.4, 0.5) is 4.79 Å². The van der Waals surface area contributed by atoms with Gasteiger partial charge in [0.05, 0.1) is 12.2 Å². The van der Waals surface area contributed by atoms with Crippen molar-refractivity contribution in [3.63, 3.8) is 0 Å². The van der Waals surface area contributed by atoms with E-state index in [4.69, 9.17) is 9.47 Å². The third-order valence-electron chi connectivity index (χ3n) is 4.27. The number of ether oxygens (including phenoxy) is 2. The molecule has 1 heterocycles. The molecule has 0 radical (unpaired) electrons. The molecule has 0 unspecified atom stereocenters. The lowest BCUT2D eigenvalue weighted by Crippen LogP contribution is -2.25. The maximum atomic E-state index is 13.0. The first kappa shape index (κ1) is 19.7. The van der Waals surface area contributed by atoms with Crippen molar-refractivity contribution in [1.82, 2.24) is 9.78 Å². The topological polar surface area (TPSA) is 70.4 Å². The van der Waals surface area contributed by atoms with Crippen molar-refractivity contribution in [2.24, 2.45) is 7.05 Å². The van der Waals surface area contributed by atoms with Gasteiger partial charge in [-0.1, -0.05) is 31.5 Å². The molecule has 0 fully saturated rings. The van der Waals surface area contributed by atoms with Crippen LogP contribution in [0.1, 0.15) is 43.2 Å². The summed E-state index contributed by atoms with van der Waals surface area (Å²) in [5, 5.41) is 4.17. The number of hydrogen-bond acceptors (Lipinski definition) is 5. The van der Waals surface area contributed by atoms with Crippen LogP contribution in [0.2, 0.25) is 0 Å². The van der Waals surface area contributed by atoms with Gasteiger partial charge in [-0.2, -0.15) is 5.10 Å². The average molecular weight is 358 g/mol. The number of rotatable bonds is 5. The van der Waals surface area contributed by atoms with Crippen molar-refractivity contribution in [3.05, 3.63) is 44.9 Å². The van der Waals surface area contributed by atoms with Gasteiger partial charge in [0.25, 0.3) is 5.56 Å². The fourth-order valence-electron chi connectivity index (χ4n) is 3.15. The number of carbonyl (C=O) groups is 1. The molecular formula is C20H26N2O4. The number of hydrogen-bond donors (Lipinski definition) is 0. The molecule has 1 aromatic heterocycles. The molecule has 0 amide bonds. The highest BCUT2D eigenvalue weighted by Gasteiger charge is 2.24. The van der Waals surface area contributed by atoms with Crippen molar-refractivity contribution >= 4 is 6.16 Å². The van der Waals surface area contributed by atoms with E-state index in [1.165, 1.54) is 4.68 Å². The molecule has 2 rings (SSSR count). The Hall–Kier alpha value is -2.63. The Morgan fingerprint density at radius 2 is 1.65 bits per heavy atom. The summed E-state index contributed by atoms with van der Waals surface area (Å²) in [7, 11) is 1.60. The van der Waals surface area contributed by atoms with E-state index in [1.807, 2.05) is 20.8 Å². The Balaban J connectivity index is 2.85. The summed E-state index contributed by atoms with van der Waals surface area (Å²) in [6.07, 6.45) is 0.677. The molecule has 0 atom stereocenters. The Bertz CT molecular complexity index is 859. The first-order chi connectivity index (χ1) is 12.3. The van der Waals surface area contributed by atoms with Crippen LogP contribution >= 0.6 is 0 Å². The van der Waals surface area contributed by atoms with E-state index >= 15 is 0 Å². The van der Waals surface area contributed by atoms with E-state index in [0.717, 1.165) is 35.1 Å². The van der Waals surface area contributed by atoms with Crippen LogP contribution in [0.5, 0.6) is 5.75 Å². The van der Waals surface area contributed by atoms with E-state index < -0.39 is 6.16 Å². The second-order valence-electron chi connectivity index (χ2n) is 6.17. The SMILES string of the molecule is CCOC(=O)Oc1c(C)nn(C)c(=O)c1-c1c(CC)cc(C)cc1CC. The standard InChI is InChI=1S/C20H26N2O4/c1-7-14-10-12(4)11-15(8-2)16(14)17-18(26-20(24)25-9-3)13(5)21-22(6)19(17)23/h10-11H,7-9H2,1-6H3. The van der Waals surface area contributed by atoms with E-state index in [9.17, 15) is 9.59 Å². The van der Waals surface area contributed by atoms with Crippen molar-refractivity contribution in [3.8, 4) is 16.9 Å². The molecule has 26 heavy (non-hydrogen) atoms. The van der Waals surface area contributed by atoms with Crippen LogP contribution in [0.3, 0.4) is 0 Å². The summed E-state index contributed by atoms with van der Waals surface area (Å²) in [4.78, 5) is 24.9. The average Bonchev–Trinajstić information content (AvgIpc) is 2.60. The maximum Gasteiger partial charge on any atom is 0.513 e. The zero-order valence-electron chi connectivity index (χ0n) is 16.3. The van der Waals surface area contributed by atoms with Crippen molar-refractivity contribution in [2.75, 3.05) is 6.61 Å². The third-order valence-corrected chi connectivity index (χ3v) is 4.27. The Morgan fingerprint density at radius 3 is 2.15 bits per heavy atom. The minimum absolute atomic E-state index is 0.166. The second-order valence-corrected chi connectivity index (χ2v) is 6.17. The van der Waals surface area contributed by atoms with Crippen LogP contribution in [-0.4, -0.2) is 22.5 Å². The summed E-state index contributed by atoms with van der Waals surface area (Å²) >= 11 is 0. The van der Waals surface area contributed by atoms with Gasteiger partial charge >= 0.3 is 6.16 Å². The molecule has 0 bridgehead atoms. The summed E-state index contributed by atoms with van der Waals surface area (Å²) in [6, 6.07) is 4.13. The van der Waals surface area contributed by atoms with Gasteiger partial charge in [0.15, 0.2) is 5.75 Å². The molecule has 140 valence electrons. The Kier molecular flexibility index (Phi) is 6.18. The van der Waals surface area contributed by atoms with Gasteiger partial charge in [-0.25, -0.2) is 9.48 Å².